The summed E-state index contributed by atoms with van der Waals surface area (Å²) in [6.45, 7) is 4.44. The van der Waals surface area contributed by atoms with Gasteiger partial charge in [-0.25, -0.2) is 0 Å². The van der Waals surface area contributed by atoms with Crippen LogP contribution in [-0.2, 0) is 10.8 Å². The Kier molecular flexibility index (Phi) is 4.39. The van der Waals surface area contributed by atoms with Crippen molar-refractivity contribution in [1.29, 1.82) is 0 Å². The number of nitrogens with one attached hydrogen (secondary N) is 1. The second kappa shape index (κ2) is 5.61. The van der Waals surface area contributed by atoms with Crippen molar-refractivity contribution < 1.29 is 4.21 Å². The largest absolute Gasteiger partial charge is 0.319 e. The van der Waals surface area contributed by atoms with Crippen LogP contribution in [0.4, 0.5) is 0 Å². The molecule has 0 aromatic carbocycles. The molecule has 94 valence electrons. The number of rotatable bonds is 4. The Morgan fingerprint density at radius 2 is 1.88 bits per heavy atom. The molecule has 0 amide bonds. The standard InChI is InChI=1S/C12H24N2OS/c1-13-10-12(4-2-3-5-12)11-14-6-8-16(15)9-7-14/h13H,2-11H2,1H3. The van der Waals surface area contributed by atoms with E-state index in [4.69, 9.17) is 0 Å². The highest BCUT2D eigenvalue weighted by atomic mass is 32.2. The van der Waals surface area contributed by atoms with Crippen LogP contribution in [0.25, 0.3) is 0 Å². The van der Waals surface area contributed by atoms with Crippen LogP contribution >= 0.6 is 0 Å². The van der Waals surface area contributed by atoms with Crippen LogP contribution in [0.15, 0.2) is 0 Å². The first-order valence-electron chi connectivity index (χ1n) is 6.46. The van der Waals surface area contributed by atoms with E-state index in [9.17, 15) is 4.21 Å². The topological polar surface area (TPSA) is 32.3 Å². The molecular weight excluding hydrogens is 220 g/mol. The molecule has 3 nitrogen and oxygen atoms in total. The molecule has 0 atom stereocenters. The van der Waals surface area contributed by atoms with E-state index in [2.05, 4.69) is 17.3 Å². The van der Waals surface area contributed by atoms with Crippen molar-refractivity contribution in [2.45, 2.75) is 25.7 Å². The second-order valence-corrected chi connectivity index (χ2v) is 7.06. The Labute approximate surface area is 101 Å². The van der Waals surface area contributed by atoms with Crippen molar-refractivity contribution in [2.24, 2.45) is 5.41 Å². The first-order chi connectivity index (χ1) is 7.74. The van der Waals surface area contributed by atoms with Crippen molar-refractivity contribution in [3.8, 4) is 0 Å². The third kappa shape index (κ3) is 3.05. The molecule has 0 aromatic rings. The van der Waals surface area contributed by atoms with E-state index in [0.717, 1.165) is 31.1 Å². The molecule has 1 heterocycles. The van der Waals surface area contributed by atoms with Gasteiger partial charge in [-0.2, -0.15) is 0 Å². The van der Waals surface area contributed by atoms with E-state index in [1.54, 1.807) is 0 Å². The van der Waals surface area contributed by atoms with Crippen LogP contribution in [0.3, 0.4) is 0 Å². The maximum Gasteiger partial charge on any atom is 0.0363 e. The van der Waals surface area contributed by atoms with Gasteiger partial charge in [-0.3, -0.25) is 4.21 Å². The molecule has 1 aliphatic carbocycles. The average molecular weight is 244 g/mol. The molecule has 1 aliphatic heterocycles. The van der Waals surface area contributed by atoms with E-state index in [-0.39, 0.29) is 0 Å². The fraction of sp³-hybridized carbons (Fsp3) is 1.00. The van der Waals surface area contributed by atoms with E-state index in [0.29, 0.717) is 5.41 Å². The Morgan fingerprint density at radius 1 is 1.25 bits per heavy atom. The fourth-order valence-electron chi connectivity index (χ4n) is 3.20. The predicted molar refractivity (Wildman–Crippen MR) is 69.1 cm³/mol. The first kappa shape index (κ1) is 12.5. The SMILES string of the molecule is CNCC1(CN2CCS(=O)CC2)CCCC1. The van der Waals surface area contributed by atoms with Gasteiger partial charge in [0.25, 0.3) is 0 Å². The molecule has 2 aliphatic rings. The summed E-state index contributed by atoms with van der Waals surface area (Å²) in [6, 6.07) is 0. The van der Waals surface area contributed by atoms with Gasteiger partial charge in [-0.05, 0) is 25.3 Å². The lowest BCUT2D eigenvalue weighted by Crippen LogP contribution is -2.46. The van der Waals surface area contributed by atoms with Gasteiger partial charge >= 0.3 is 0 Å². The Hall–Kier alpha value is 0.0700. The van der Waals surface area contributed by atoms with Crippen molar-refractivity contribution in [3.05, 3.63) is 0 Å². The lowest BCUT2D eigenvalue weighted by atomic mass is 9.85. The monoisotopic (exact) mass is 244 g/mol. The predicted octanol–water partition coefficient (Wildman–Crippen LogP) is 0.830. The van der Waals surface area contributed by atoms with Crippen LogP contribution in [0.2, 0.25) is 0 Å². The number of nitrogens with zero attached hydrogens (tertiary/aromatic N) is 1. The van der Waals surface area contributed by atoms with Crippen LogP contribution in [0.1, 0.15) is 25.7 Å². The van der Waals surface area contributed by atoms with Gasteiger partial charge in [-0.15, -0.1) is 0 Å². The zero-order valence-corrected chi connectivity index (χ0v) is 11.2. The van der Waals surface area contributed by atoms with E-state index in [1.807, 2.05) is 0 Å². The molecule has 0 unspecified atom stereocenters. The van der Waals surface area contributed by atoms with Gasteiger partial charge in [0.1, 0.15) is 0 Å². The van der Waals surface area contributed by atoms with Gasteiger partial charge in [-0.1, -0.05) is 12.8 Å². The van der Waals surface area contributed by atoms with E-state index < -0.39 is 10.8 Å². The number of hydrogen-bond donors (Lipinski definition) is 1. The van der Waals surface area contributed by atoms with Gasteiger partial charge in [0.05, 0.1) is 0 Å². The van der Waals surface area contributed by atoms with Crippen molar-refractivity contribution in [2.75, 3.05) is 44.7 Å². The molecular formula is C12H24N2OS. The lowest BCUT2D eigenvalue weighted by Gasteiger charge is -2.37. The quantitative estimate of drug-likeness (QED) is 0.795. The van der Waals surface area contributed by atoms with Crippen LogP contribution in [-0.4, -0.2) is 53.8 Å². The smallest absolute Gasteiger partial charge is 0.0363 e. The number of hydrogen-bond acceptors (Lipinski definition) is 3. The molecule has 2 rings (SSSR count). The summed E-state index contributed by atoms with van der Waals surface area (Å²) < 4.78 is 11.3. The summed E-state index contributed by atoms with van der Waals surface area (Å²) in [4.78, 5) is 2.53. The first-order valence-corrected chi connectivity index (χ1v) is 7.95. The van der Waals surface area contributed by atoms with E-state index in [1.165, 1.54) is 32.2 Å². The third-order valence-corrected chi connectivity index (χ3v) is 5.32. The minimum Gasteiger partial charge on any atom is -0.319 e. The molecule has 0 aromatic heterocycles. The summed E-state index contributed by atoms with van der Waals surface area (Å²) in [5, 5.41) is 3.36. The maximum atomic E-state index is 11.3. The summed E-state index contributed by atoms with van der Waals surface area (Å²) in [7, 11) is 1.52. The summed E-state index contributed by atoms with van der Waals surface area (Å²) >= 11 is 0. The van der Waals surface area contributed by atoms with Gasteiger partial charge in [0.15, 0.2) is 0 Å². The van der Waals surface area contributed by atoms with Gasteiger partial charge < -0.3 is 10.2 Å². The zero-order valence-electron chi connectivity index (χ0n) is 10.3. The van der Waals surface area contributed by atoms with Crippen LogP contribution in [0.5, 0.6) is 0 Å². The molecule has 1 saturated heterocycles. The lowest BCUT2D eigenvalue weighted by molar-refractivity contribution is 0.160. The summed E-state index contributed by atoms with van der Waals surface area (Å²) in [6.07, 6.45) is 5.52. The molecule has 2 fully saturated rings. The Balaban J connectivity index is 1.88. The van der Waals surface area contributed by atoms with Crippen molar-refractivity contribution in [1.82, 2.24) is 10.2 Å². The molecule has 0 spiro atoms. The van der Waals surface area contributed by atoms with Crippen molar-refractivity contribution >= 4 is 10.8 Å². The molecule has 16 heavy (non-hydrogen) atoms. The van der Waals surface area contributed by atoms with E-state index >= 15 is 0 Å². The zero-order chi connectivity index (χ0) is 11.4. The highest BCUT2D eigenvalue weighted by molar-refractivity contribution is 7.85. The van der Waals surface area contributed by atoms with Gasteiger partial charge in [0.2, 0.25) is 0 Å². The Bertz CT molecular complexity index is 241. The van der Waals surface area contributed by atoms with Crippen molar-refractivity contribution in [3.63, 3.8) is 0 Å². The maximum absolute atomic E-state index is 11.3. The third-order valence-electron chi connectivity index (χ3n) is 4.05. The summed E-state index contributed by atoms with van der Waals surface area (Å²) in [5.74, 6) is 1.77. The molecule has 1 saturated carbocycles. The molecule has 0 bridgehead atoms. The highest BCUT2D eigenvalue weighted by Gasteiger charge is 2.35. The highest BCUT2D eigenvalue weighted by Crippen LogP contribution is 2.38. The Morgan fingerprint density at radius 3 is 2.44 bits per heavy atom. The fourth-order valence-corrected chi connectivity index (χ4v) is 4.33. The molecule has 4 heteroatoms. The molecule has 0 radical (unpaired) electrons. The molecule has 1 N–H and O–H groups in total. The average Bonchev–Trinajstić information content (AvgIpc) is 2.71. The van der Waals surface area contributed by atoms with Crippen LogP contribution in [0, 0.1) is 5.41 Å². The summed E-state index contributed by atoms with van der Waals surface area (Å²) in [5.41, 5.74) is 0.508. The van der Waals surface area contributed by atoms with Crippen LogP contribution < -0.4 is 5.32 Å². The minimum atomic E-state index is -0.539. The normalized spacial score (nSPS) is 27.3. The second-order valence-electron chi connectivity index (χ2n) is 5.36. The minimum absolute atomic E-state index is 0.508. The van der Waals surface area contributed by atoms with Gasteiger partial charge in [0, 0.05) is 48.5 Å².